The van der Waals surface area contributed by atoms with E-state index in [2.05, 4.69) is 15.5 Å². The largest absolute Gasteiger partial charge is 0.382 e. The third kappa shape index (κ3) is 3.06. The molecule has 5 heteroatoms. The fraction of sp³-hybridized carbons (Fsp3) is 0.600. The van der Waals surface area contributed by atoms with Crippen LogP contribution >= 0.6 is 0 Å². The minimum atomic E-state index is 0.451. The molecule has 1 aliphatic rings. The number of hydrogen-bond donors (Lipinski definition) is 2. The maximum absolute atomic E-state index is 5.45. The summed E-state index contributed by atoms with van der Waals surface area (Å²) in [6.07, 6.45) is 2.24. The Labute approximate surface area is 89.0 Å². The highest BCUT2D eigenvalue weighted by Crippen LogP contribution is 2.15. The van der Waals surface area contributed by atoms with Gasteiger partial charge in [0, 0.05) is 19.8 Å². The smallest absolute Gasteiger partial charge is 0.148 e. The van der Waals surface area contributed by atoms with Crippen LogP contribution in [0, 0.1) is 5.92 Å². The first-order valence-electron chi connectivity index (χ1n) is 5.25. The summed E-state index contributed by atoms with van der Waals surface area (Å²) in [4.78, 5) is 0. The number of nitrogens with two attached hydrogens (primary N) is 1. The fourth-order valence-electron chi connectivity index (χ4n) is 1.64. The molecule has 82 valence electrons. The lowest BCUT2D eigenvalue weighted by atomic mass is 10.0. The van der Waals surface area contributed by atoms with Crippen molar-refractivity contribution < 1.29 is 4.74 Å². The summed E-state index contributed by atoms with van der Waals surface area (Å²) >= 11 is 0. The number of nitrogen functional groups attached to an aromatic ring is 1. The van der Waals surface area contributed by atoms with Crippen LogP contribution in [-0.4, -0.2) is 30.0 Å². The standard InChI is InChI=1S/C10H16N4O/c11-9-1-2-10(14-13-9)12-7-8-3-5-15-6-4-8/h1-2,8H,3-7H2,(H2,11,13)(H,12,14). The molecule has 5 nitrogen and oxygen atoms in total. The van der Waals surface area contributed by atoms with Crippen molar-refractivity contribution in [1.29, 1.82) is 0 Å². The van der Waals surface area contributed by atoms with E-state index in [1.807, 2.05) is 6.07 Å². The zero-order valence-electron chi connectivity index (χ0n) is 8.65. The van der Waals surface area contributed by atoms with Gasteiger partial charge in [-0.15, -0.1) is 10.2 Å². The molecule has 2 heterocycles. The Morgan fingerprint density at radius 2 is 2.13 bits per heavy atom. The van der Waals surface area contributed by atoms with Crippen LogP contribution in [0.3, 0.4) is 0 Å². The fourth-order valence-corrected chi connectivity index (χ4v) is 1.64. The molecule has 15 heavy (non-hydrogen) atoms. The van der Waals surface area contributed by atoms with Crippen LogP contribution < -0.4 is 11.1 Å². The molecule has 3 N–H and O–H groups in total. The van der Waals surface area contributed by atoms with E-state index >= 15 is 0 Å². The predicted molar refractivity (Wildman–Crippen MR) is 58.5 cm³/mol. The van der Waals surface area contributed by atoms with Gasteiger partial charge in [0.05, 0.1) is 0 Å². The van der Waals surface area contributed by atoms with Crippen molar-refractivity contribution in [1.82, 2.24) is 10.2 Å². The van der Waals surface area contributed by atoms with Gasteiger partial charge in [-0.05, 0) is 30.9 Å². The van der Waals surface area contributed by atoms with Crippen LogP contribution in [-0.2, 0) is 4.74 Å². The summed E-state index contributed by atoms with van der Waals surface area (Å²) in [6.45, 7) is 2.68. The van der Waals surface area contributed by atoms with Crippen molar-refractivity contribution in [3.63, 3.8) is 0 Å². The third-order valence-corrected chi connectivity index (χ3v) is 2.60. The zero-order chi connectivity index (χ0) is 10.5. The van der Waals surface area contributed by atoms with Gasteiger partial charge >= 0.3 is 0 Å². The lowest BCUT2D eigenvalue weighted by Crippen LogP contribution is -2.23. The summed E-state index contributed by atoms with van der Waals surface area (Å²) < 4.78 is 5.30. The zero-order valence-corrected chi connectivity index (χ0v) is 8.65. The highest BCUT2D eigenvalue weighted by molar-refractivity contribution is 5.38. The van der Waals surface area contributed by atoms with Gasteiger partial charge in [0.15, 0.2) is 0 Å². The van der Waals surface area contributed by atoms with Gasteiger partial charge in [-0.25, -0.2) is 0 Å². The minimum absolute atomic E-state index is 0.451. The van der Waals surface area contributed by atoms with Crippen LogP contribution in [0.5, 0.6) is 0 Å². The molecule has 1 fully saturated rings. The molecule has 1 aliphatic heterocycles. The summed E-state index contributed by atoms with van der Waals surface area (Å²) in [6, 6.07) is 3.60. The van der Waals surface area contributed by atoms with Gasteiger partial charge in [-0.3, -0.25) is 0 Å². The second-order valence-corrected chi connectivity index (χ2v) is 3.78. The molecule has 0 saturated carbocycles. The number of nitrogens with one attached hydrogen (secondary N) is 1. The monoisotopic (exact) mass is 208 g/mol. The number of ether oxygens (including phenoxy) is 1. The third-order valence-electron chi connectivity index (χ3n) is 2.60. The van der Waals surface area contributed by atoms with Gasteiger partial charge < -0.3 is 15.8 Å². The molecule has 0 amide bonds. The van der Waals surface area contributed by atoms with Gasteiger partial charge in [0.25, 0.3) is 0 Å². The molecule has 0 bridgehead atoms. The number of aromatic nitrogens is 2. The molecule has 0 aliphatic carbocycles. The Morgan fingerprint density at radius 3 is 2.80 bits per heavy atom. The van der Waals surface area contributed by atoms with Gasteiger partial charge in [0.1, 0.15) is 11.6 Å². The number of rotatable bonds is 3. The lowest BCUT2D eigenvalue weighted by Gasteiger charge is -2.22. The van der Waals surface area contributed by atoms with Gasteiger partial charge in [-0.2, -0.15) is 0 Å². The van der Waals surface area contributed by atoms with Crippen molar-refractivity contribution in [3.05, 3.63) is 12.1 Å². The predicted octanol–water partition coefficient (Wildman–Crippen LogP) is 0.897. The SMILES string of the molecule is Nc1ccc(NCC2CCOCC2)nn1. The molecule has 0 spiro atoms. The average Bonchev–Trinajstić information content (AvgIpc) is 2.30. The van der Waals surface area contributed by atoms with Crippen molar-refractivity contribution in [2.75, 3.05) is 30.8 Å². The van der Waals surface area contributed by atoms with Crippen LogP contribution in [0.2, 0.25) is 0 Å². The second kappa shape index (κ2) is 4.93. The van der Waals surface area contributed by atoms with Crippen molar-refractivity contribution in [3.8, 4) is 0 Å². The summed E-state index contributed by atoms with van der Waals surface area (Å²) in [7, 11) is 0. The van der Waals surface area contributed by atoms with Crippen molar-refractivity contribution >= 4 is 11.6 Å². The van der Waals surface area contributed by atoms with E-state index < -0.39 is 0 Å². The summed E-state index contributed by atoms with van der Waals surface area (Å²) in [5.41, 5.74) is 5.45. The van der Waals surface area contributed by atoms with Crippen molar-refractivity contribution in [2.24, 2.45) is 5.92 Å². The Balaban J connectivity index is 1.79. The molecule has 0 aromatic carbocycles. The van der Waals surface area contributed by atoms with Crippen LogP contribution in [0.4, 0.5) is 11.6 Å². The molecule has 0 radical (unpaired) electrons. The molecular weight excluding hydrogens is 192 g/mol. The quantitative estimate of drug-likeness (QED) is 0.772. The molecule has 0 unspecified atom stereocenters. The summed E-state index contributed by atoms with van der Waals surface area (Å²) in [5.74, 6) is 1.92. The highest BCUT2D eigenvalue weighted by atomic mass is 16.5. The minimum Gasteiger partial charge on any atom is -0.382 e. The van der Waals surface area contributed by atoms with E-state index in [0.717, 1.165) is 38.4 Å². The highest BCUT2D eigenvalue weighted by Gasteiger charge is 2.13. The number of nitrogens with zero attached hydrogens (tertiary/aromatic N) is 2. The first-order chi connectivity index (χ1) is 7.34. The van der Waals surface area contributed by atoms with Gasteiger partial charge in [0.2, 0.25) is 0 Å². The second-order valence-electron chi connectivity index (χ2n) is 3.78. The van der Waals surface area contributed by atoms with Crippen molar-refractivity contribution in [2.45, 2.75) is 12.8 Å². The Bertz CT molecular complexity index is 295. The number of anilines is 2. The first-order valence-corrected chi connectivity index (χ1v) is 5.25. The van der Waals surface area contributed by atoms with E-state index in [-0.39, 0.29) is 0 Å². The summed E-state index contributed by atoms with van der Waals surface area (Å²) in [5, 5.41) is 11.0. The lowest BCUT2D eigenvalue weighted by molar-refractivity contribution is 0.0699. The molecule has 0 atom stereocenters. The molecule has 1 saturated heterocycles. The topological polar surface area (TPSA) is 73.1 Å². The normalized spacial score (nSPS) is 17.6. The van der Waals surface area contributed by atoms with Crippen LogP contribution in [0.25, 0.3) is 0 Å². The van der Waals surface area contributed by atoms with E-state index in [9.17, 15) is 0 Å². The molecule has 2 rings (SSSR count). The first kappa shape index (κ1) is 10.2. The maximum atomic E-state index is 5.45. The Morgan fingerprint density at radius 1 is 1.33 bits per heavy atom. The van der Waals surface area contributed by atoms with E-state index in [4.69, 9.17) is 10.5 Å². The average molecular weight is 208 g/mol. The van der Waals surface area contributed by atoms with Crippen LogP contribution in [0.15, 0.2) is 12.1 Å². The van der Waals surface area contributed by atoms with E-state index in [0.29, 0.717) is 11.7 Å². The molecule has 1 aromatic rings. The molecule has 1 aromatic heterocycles. The molecular formula is C10H16N4O. The van der Waals surface area contributed by atoms with Crippen LogP contribution in [0.1, 0.15) is 12.8 Å². The Kier molecular flexibility index (Phi) is 3.34. The van der Waals surface area contributed by atoms with E-state index in [1.165, 1.54) is 0 Å². The number of hydrogen-bond acceptors (Lipinski definition) is 5. The van der Waals surface area contributed by atoms with E-state index in [1.54, 1.807) is 6.07 Å². The Hall–Kier alpha value is -1.36. The maximum Gasteiger partial charge on any atom is 0.148 e. The van der Waals surface area contributed by atoms with Gasteiger partial charge in [-0.1, -0.05) is 0 Å².